The summed E-state index contributed by atoms with van der Waals surface area (Å²) < 4.78 is 25.8. The molecule has 2 fully saturated rings. The highest BCUT2D eigenvalue weighted by Gasteiger charge is 2.23. The Morgan fingerprint density at radius 1 is 0.397 bits per heavy atom. The van der Waals surface area contributed by atoms with Crippen molar-refractivity contribution in [2.24, 2.45) is 0 Å². The Hall–Kier alpha value is -6.14. The molecular weight excluding hydrogens is 833 g/mol. The van der Waals surface area contributed by atoms with Crippen LogP contribution in [0.2, 0.25) is 0 Å². The van der Waals surface area contributed by atoms with Crippen molar-refractivity contribution in [1.82, 2.24) is 0 Å². The van der Waals surface area contributed by atoms with E-state index in [1.54, 1.807) is 0 Å². The molecule has 0 atom stereocenters. The molecule has 0 amide bonds. The minimum absolute atomic E-state index is 0.308. The van der Waals surface area contributed by atoms with Gasteiger partial charge in [-0.05, 0) is 82.2 Å². The lowest BCUT2D eigenvalue weighted by Gasteiger charge is -2.25. The second kappa shape index (κ2) is 16.5. The van der Waals surface area contributed by atoms with Crippen LogP contribution in [-0.2, 0) is 18.9 Å². The summed E-state index contributed by atoms with van der Waals surface area (Å²) in [6.45, 7) is 2.49. The first-order valence-electron chi connectivity index (χ1n) is 21.2. The number of anilines is 6. The maximum atomic E-state index is 5.81. The van der Waals surface area contributed by atoms with Gasteiger partial charge in [0.25, 0.3) is 0 Å². The molecule has 2 radical (unpaired) electrons. The summed E-state index contributed by atoms with van der Waals surface area (Å²) in [6, 6.07) is 66.3. The topological polar surface area (TPSA) is 43.4 Å². The molecule has 2 aliphatic rings. The zero-order chi connectivity index (χ0) is 41.7. The molecule has 4 heterocycles. The fourth-order valence-corrected chi connectivity index (χ4v) is 12.1. The Morgan fingerprint density at radius 3 is 1.25 bits per heavy atom. The molecule has 0 aliphatic carbocycles. The number of rotatable bonds is 10. The molecule has 10 aromatic rings. The SMILES string of the molecule is c1ccc2c(N(c3ccc(C4OCCO4)cc3)c3cc4cc([Si]c5ccc6sc(N(c7ccc(C8OCCO8)cc7)c7cccc8ccccc78)cc6c5)ccc4s3)cccc2c1. The Balaban J connectivity index is 0.872. The summed E-state index contributed by atoms with van der Waals surface area (Å²) in [7, 11) is 0.512. The van der Waals surface area contributed by atoms with E-state index in [1.165, 1.54) is 62.1 Å². The summed E-state index contributed by atoms with van der Waals surface area (Å²) in [5.41, 5.74) is 6.55. The fraction of sp³-hybridized carbons (Fsp3) is 0.111. The zero-order valence-corrected chi connectivity index (χ0v) is 36.8. The first-order valence-corrected chi connectivity index (χ1v) is 23.9. The van der Waals surface area contributed by atoms with E-state index in [4.69, 9.17) is 18.9 Å². The van der Waals surface area contributed by atoms with Crippen LogP contribution in [0.1, 0.15) is 23.7 Å². The van der Waals surface area contributed by atoms with E-state index in [0.717, 1.165) is 33.9 Å². The van der Waals surface area contributed by atoms with Gasteiger partial charge in [0.1, 0.15) is 19.5 Å². The first-order chi connectivity index (χ1) is 31.2. The zero-order valence-electron chi connectivity index (χ0n) is 34.1. The van der Waals surface area contributed by atoms with Crippen molar-refractivity contribution in [2.45, 2.75) is 12.6 Å². The van der Waals surface area contributed by atoms with E-state index < -0.39 is 0 Å². The lowest BCUT2D eigenvalue weighted by molar-refractivity contribution is -0.0443. The van der Waals surface area contributed by atoms with Crippen LogP contribution in [-0.4, -0.2) is 35.9 Å². The highest BCUT2D eigenvalue weighted by Crippen LogP contribution is 2.46. The van der Waals surface area contributed by atoms with Crippen molar-refractivity contribution in [2.75, 3.05) is 36.2 Å². The number of nitrogens with zero attached hydrogens (tertiary/aromatic N) is 2. The third-order valence-electron chi connectivity index (χ3n) is 11.8. The average Bonchev–Trinajstić information content (AvgIpc) is 4.19. The Bertz CT molecular complexity index is 3030. The molecule has 0 N–H and O–H groups in total. The highest BCUT2D eigenvalue weighted by molar-refractivity contribution is 7.23. The molecule has 0 spiro atoms. The summed E-state index contributed by atoms with van der Waals surface area (Å²) in [5.74, 6) is 0. The molecule has 63 heavy (non-hydrogen) atoms. The normalized spacial score (nSPS) is 14.7. The predicted octanol–water partition coefficient (Wildman–Crippen LogP) is 13.1. The first kappa shape index (κ1) is 38.5. The van der Waals surface area contributed by atoms with Crippen LogP contribution in [0.4, 0.5) is 32.8 Å². The van der Waals surface area contributed by atoms with E-state index >= 15 is 0 Å². The van der Waals surface area contributed by atoms with E-state index in [9.17, 15) is 0 Å². The second-order valence-corrected chi connectivity index (χ2v) is 19.3. The highest BCUT2D eigenvalue weighted by atomic mass is 32.1. The van der Waals surface area contributed by atoms with Gasteiger partial charge in [-0.2, -0.15) is 0 Å². The molecule has 6 nitrogen and oxygen atoms in total. The van der Waals surface area contributed by atoms with Gasteiger partial charge in [-0.1, -0.05) is 132 Å². The predicted molar refractivity (Wildman–Crippen MR) is 262 cm³/mol. The minimum Gasteiger partial charge on any atom is -0.346 e. The van der Waals surface area contributed by atoms with E-state index in [1.807, 2.05) is 22.7 Å². The number of fused-ring (bicyclic) bond motifs is 4. The number of ether oxygens (including phenoxy) is 4. The van der Waals surface area contributed by atoms with E-state index in [0.29, 0.717) is 35.9 Å². The lowest BCUT2D eigenvalue weighted by atomic mass is 10.1. The minimum atomic E-state index is -0.308. The summed E-state index contributed by atoms with van der Waals surface area (Å²) in [6.07, 6.45) is -0.616. The van der Waals surface area contributed by atoms with Crippen LogP contribution in [0.3, 0.4) is 0 Å². The number of thiophene rings is 2. The number of hydrogen-bond donors (Lipinski definition) is 0. The van der Waals surface area contributed by atoms with Gasteiger partial charge in [0.15, 0.2) is 12.6 Å². The van der Waals surface area contributed by atoms with Gasteiger partial charge in [0.2, 0.25) is 0 Å². The Kier molecular flexibility index (Phi) is 10.1. The van der Waals surface area contributed by atoms with Crippen LogP contribution >= 0.6 is 22.7 Å². The third kappa shape index (κ3) is 7.41. The molecule has 8 aromatic carbocycles. The Morgan fingerprint density at radius 2 is 0.810 bits per heavy atom. The fourth-order valence-electron chi connectivity index (χ4n) is 8.84. The Labute approximate surface area is 375 Å². The second-order valence-electron chi connectivity index (χ2n) is 15.8. The number of hydrogen-bond acceptors (Lipinski definition) is 8. The van der Waals surface area contributed by atoms with E-state index in [2.05, 4.69) is 192 Å². The lowest BCUT2D eigenvalue weighted by Crippen LogP contribution is -2.26. The van der Waals surface area contributed by atoms with Crippen LogP contribution in [0.5, 0.6) is 0 Å². The van der Waals surface area contributed by atoms with Crippen LogP contribution in [0.15, 0.2) is 182 Å². The van der Waals surface area contributed by atoms with Crippen molar-refractivity contribution in [3.05, 3.63) is 193 Å². The standard InChI is InChI=1S/C54H40N2O4S2Si/c1-3-11-45-35(7-1)9-5-13-47(45)55(41-19-15-37(16-20-41)53-57-27-28-58-53)51-33-39-31-43(23-25-49(39)61-51)63-44-24-26-50-40(32-44)34-52(62-50)56(48-14-6-10-36-8-2-4-12-46(36)48)42-21-17-38(18-22-42)54-59-29-30-60-54/h1-26,31-34,53-54H,27-30H2. The molecule has 0 bridgehead atoms. The van der Waals surface area contributed by atoms with Gasteiger partial charge in [-0.25, -0.2) is 0 Å². The summed E-state index contributed by atoms with van der Waals surface area (Å²) in [5, 5.41) is 12.3. The van der Waals surface area contributed by atoms with Crippen LogP contribution in [0, 0.1) is 0 Å². The van der Waals surface area contributed by atoms with E-state index in [-0.39, 0.29) is 12.6 Å². The molecule has 2 aromatic heterocycles. The van der Waals surface area contributed by atoms with Crippen molar-refractivity contribution in [1.29, 1.82) is 0 Å². The van der Waals surface area contributed by atoms with Crippen LogP contribution < -0.4 is 20.2 Å². The molecule has 2 saturated heterocycles. The smallest absolute Gasteiger partial charge is 0.184 e. The summed E-state index contributed by atoms with van der Waals surface area (Å²) in [4.78, 5) is 4.79. The van der Waals surface area contributed by atoms with Crippen molar-refractivity contribution < 1.29 is 18.9 Å². The molecule has 2 aliphatic heterocycles. The van der Waals surface area contributed by atoms with Crippen molar-refractivity contribution >= 4 is 117 Å². The summed E-state index contributed by atoms with van der Waals surface area (Å²) >= 11 is 3.65. The molecule has 0 unspecified atom stereocenters. The monoisotopic (exact) mass is 872 g/mol. The maximum absolute atomic E-state index is 5.81. The molecule has 306 valence electrons. The number of benzene rings is 8. The third-order valence-corrected chi connectivity index (χ3v) is 15.2. The maximum Gasteiger partial charge on any atom is 0.184 e. The largest absolute Gasteiger partial charge is 0.346 e. The molecule has 0 saturated carbocycles. The van der Waals surface area contributed by atoms with Crippen LogP contribution in [0.25, 0.3) is 41.7 Å². The van der Waals surface area contributed by atoms with Crippen molar-refractivity contribution in [3.8, 4) is 0 Å². The quantitative estimate of drug-likeness (QED) is 0.128. The van der Waals surface area contributed by atoms with Gasteiger partial charge in [-0.15, -0.1) is 22.7 Å². The molecular formula is C54H40N2O4S2Si. The van der Waals surface area contributed by atoms with Gasteiger partial charge >= 0.3 is 0 Å². The molecule has 9 heteroatoms. The van der Waals surface area contributed by atoms with Crippen molar-refractivity contribution in [3.63, 3.8) is 0 Å². The van der Waals surface area contributed by atoms with Gasteiger partial charge in [-0.3, -0.25) is 0 Å². The van der Waals surface area contributed by atoms with Gasteiger partial charge in [0.05, 0.1) is 37.8 Å². The molecule has 12 rings (SSSR count). The van der Waals surface area contributed by atoms with Gasteiger partial charge < -0.3 is 28.7 Å². The van der Waals surface area contributed by atoms with Gasteiger partial charge in [0, 0.05) is 42.7 Å². The average molecular weight is 873 g/mol.